The summed E-state index contributed by atoms with van der Waals surface area (Å²) in [5.74, 6) is -0.164. The summed E-state index contributed by atoms with van der Waals surface area (Å²) in [7, 11) is 1.73. The molecule has 0 spiro atoms. The quantitative estimate of drug-likeness (QED) is 0.764. The fourth-order valence-corrected chi connectivity index (χ4v) is 3.47. The first-order valence-electron chi connectivity index (χ1n) is 9.29. The fraction of sp³-hybridized carbons (Fsp3) is 0.227. The topological polar surface area (TPSA) is 67.2 Å². The van der Waals surface area contributed by atoms with Crippen molar-refractivity contribution in [3.05, 3.63) is 82.7 Å². The molecule has 3 aromatic rings. The maximum atomic E-state index is 12.9. The first kappa shape index (κ1) is 18.0. The van der Waals surface area contributed by atoms with Crippen molar-refractivity contribution < 1.29 is 9.59 Å². The molecule has 6 heteroatoms. The van der Waals surface area contributed by atoms with Gasteiger partial charge in [0.15, 0.2) is 0 Å². The highest BCUT2D eigenvalue weighted by molar-refractivity contribution is 6.07. The van der Waals surface area contributed by atoms with Gasteiger partial charge >= 0.3 is 0 Å². The summed E-state index contributed by atoms with van der Waals surface area (Å²) in [6.45, 7) is 3.07. The van der Waals surface area contributed by atoms with Gasteiger partial charge in [0.05, 0.1) is 0 Å². The zero-order valence-electron chi connectivity index (χ0n) is 16.0. The van der Waals surface area contributed by atoms with Crippen molar-refractivity contribution in [1.29, 1.82) is 0 Å². The number of aryl methyl sites for hydroxylation is 2. The van der Waals surface area contributed by atoms with Gasteiger partial charge in [-0.1, -0.05) is 29.8 Å². The van der Waals surface area contributed by atoms with Crippen LogP contribution in [0.3, 0.4) is 0 Å². The monoisotopic (exact) mass is 374 g/mol. The Labute approximate surface area is 163 Å². The molecule has 1 aromatic heterocycles. The Bertz CT molecular complexity index is 1040. The van der Waals surface area contributed by atoms with Gasteiger partial charge in [-0.15, -0.1) is 0 Å². The maximum absolute atomic E-state index is 12.9. The number of rotatable bonds is 4. The molecule has 1 aliphatic heterocycles. The van der Waals surface area contributed by atoms with Gasteiger partial charge in [0.2, 0.25) is 0 Å². The molecule has 1 N–H and O–H groups in total. The van der Waals surface area contributed by atoms with Gasteiger partial charge in [-0.2, -0.15) is 5.10 Å². The second kappa shape index (κ2) is 7.31. The Hall–Kier alpha value is -3.41. The lowest BCUT2D eigenvalue weighted by Crippen LogP contribution is -2.29. The van der Waals surface area contributed by atoms with Gasteiger partial charge in [-0.05, 0) is 48.7 Å². The molecule has 0 saturated carbocycles. The van der Waals surface area contributed by atoms with E-state index in [1.54, 1.807) is 24.0 Å². The molecule has 2 amide bonds. The summed E-state index contributed by atoms with van der Waals surface area (Å²) >= 11 is 0. The van der Waals surface area contributed by atoms with E-state index in [0.717, 1.165) is 28.8 Å². The lowest BCUT2D eigenvalue weighted by Gasteiger charge is -2.18. The van der Waals surface area contributed by atoms with Gasteiger partial charge in [0.1, 0.15) is 5.69 Å². The molecule has 0 saturated heterocycles. The van der Waals surface area contributed by atoms with Crippen LogP contribution in [0.2, 0.25) is 0 Å². The number of carbonyl (C=O) groups is 2. The standard InChI is InChI=1S/C22H22N4O2/c1-15-3-6-18(7-4-15)22(28)26-12-10-17-8-5-16(13-20(17)26)14-23-21(27)19-9-11-24-25(19)2/h3-9,11,13H,10,12,14H2,1-2H3,(H,23,27). The summed E-state index contributed by atoms with van der Waals surface area (Å²) in [6.07, 6.45) is 2.44. The fourth-order valence-electron chi connectivity index (χ4n) is 3.47. The zero-order chi connectivity index (χ0) is 19.7. The molecule has 6 nitrogen and oxygen atoms in total. The minimum Gasteiger partial charge on any atom is -0.347 e. The van der Waals surface area contributed by atoms with Gasteiger partial charge < -0.3 is 10.2 Å². The third kappa shape index (κ3) is 3.41. The van der Waals surface area contributed by atoms with Crippen LogP contribution in [0.15, 0.2) is 54.7 Å². The molecule has 0 fully saturated rings. The van der Waals surface area contributed by atoms with E-state index in [9.17, 15) is 9.59 Å². The second-order valence-electron chi connectivity index (χ2n) is 7.06. The van der Waals surface area contributed by atoms with Crippen LogP contribution >= 0.6 is 0 Å². The molecule has 2 heterocycles. The Morgan fingerprint density at radius 1 is 1.11 bits per heavy atom. The second-order valence-corrected chi connectivity index (χ2v) is 7.06. The number of anilines is 1. The average Bonchev–Trinajstić information content (AvgIpc) is 3.32. The van der Waals surface area contributed by atoms with Gasteiger partial charge in [0, 0.05) is 37.6 Å². The van der Waals surface area contributed by atoms with E-state index in [1.807, 2.05) is 54.3 Å². The van der Waals surface area contributed by atoms with Crippen LogP contribution in [-0.4, -0.2) is 28.1 Å². The van der Waals surface area contributed by atoms with Crippen molar-refractivity contribution in [3.8, 4) is 0 Å². The van der Waals surface area contributed by atoms with Crippen LogP contribution in [-0.2, 0) is 20.0 Å². The minimum atomic E-state index is -0.173. The number of carbonyl (C=O) groups excluding carboxylic acids is 2. The number of benzene rings is 2. The first-order valence-corrected chi connectivity index (χ1v) is 9.29. The van der Waals surface area contributed by atoms with Crippen molar-refractivity contribution in [3.63, 3.8) is 0 Å². The summed E-state index contributed by atoms with van der Waals surface area (Å²) in [6, 6.07) is 15.4. The Morgan fingerprint density at radius 3 is 2.61 bits per heavy atom. The highest BCUT2D eigenvalue weighted by Crippen LogP contribution is 2.30. The molecular weight excluding hydrogens is 352 g/mol. The lowest BCUT2D eigenvalue weighted by molar-refractivity contribution is 0.0940. The van der Waals surface area contributed by atoms with Crippen LogP contribution in [0.4, 0.5) is 5.69 Å². The summed E-state index contributed by atoms with van der Waals surface area (Å²) in [4.78, 5) is 27.0. The van der Waals surface area contributed by atoms with Crippen LogP contribution in [0.5, 0.6) is 0 Å². The Balaban J connectivity index is 1.50. The number of nitrogens with one attached hydrogen (secondary N) is 1. The number of hydrogen-bond donors (Lipinski definition) is 1. The van der Waals surface area contributed by atoms with Crippen LogP contribution < -0.4 is 10.2 Å². The Morgan fingerprint density at radius 2 is 1.89 bits per heavy atom. The van der Waals surface area contributed by atoms with E-state index in [1.165, 1.54) is 0 Å². The maximum Gasteiger partial charge on any atom is 0.269 e. The number of amides is 2. The van der Waals surface area contributed by atoms with Crippen LogP contribution in [0.25, 0.3) is 0 Å². The first-order chi connectivity index (χ1) is 13.5. The predicted molar refractivity (Wildman–Crippen MR) is 107 cm³/mol. The third-order valence-electron chi connectivity index (χ3n) is 5.10. The normalized spacial score (nSPS) is 12.7. The molecule has 0 bridgehead atoms. The van der Waals surface area contributed by atoms with Gasteiger partial charge in [-0.25, -0.2) is 0 Å². The van der Waals surface area contributed by atoms with Gasteiger partial charge in [0.25, 0.3) is 11.8 Å². The molecule has 0 unspecified atom stereocenters. The van der Waals surface area contributed by atoms with Crippen molar-refractivity contribution in [2.75, 3.05) is 11.4 Å². The smallest absolute Gasteiger partial charge is 0.269 e. The zero-order valence-corrected chi connectivity index (χ0v) is 16.0. The van der Waals surface area contributed by atoms with E-state index < -0.39 is 0 Å². The average molecular weight is 374 g/mol. The summed E-state index contributed by atoms with van der Waals surface area (Å²) < 4.78 is 1.54. The van der Waals surface area contributed by atoms with Crippen molar-refractivity contribution in [2.24, 2.45) is 7.05 Å². The Kier molecular flexibility index (Phi) is 4.69. The molecule has 0 radical (unpaired) electrons. The number of hydrogen-bond acceptors (Lipinski definition) is 3. The molecular formula is C22H22N4O2. The van der Waals surface area contributed by atoms with Crippen molar-refractivity contribution >= 4 is 17.5 Å². The van der Waals surface area contributed by atoms with Gasteiger partial charge in [-0.3, -0.25) is 14.3 Å². The van der Waals surface area contributed by atoms with E-state index in [0.29, 0.717) is 24.3 Å². The van der Waals surface area contributed by atoms with Crippen molar-refractivity contribution in [2.45, 2.75) is 19.9 Å². The van der Waals surface area contributed by atoms with Crippen molar-refractivity contribution in [1.82, 2.24) is 15.1 Å². The number of aromatic nitrogens is 2. The third-order valence-corrected chi connectivity index (χ3v) is 5.10. The number of nitrogens with zero attached hydrogens (tertiary/aromatic N) is 3. The molecule has 4 rings (SSSR count). The highest BCUT2D eigenvalue weighted by Gasteiger charge is 2.25. The van der Waals surface area contributed by atoms with E-state index in [4.69, 9.17) is 0 Å². The minimum absolute atomic E-state index is 0.00909. The molecule has 142 valence electrons. The molecule has 2 aromatic carbocycles. The molecule has 0 atom stereocenters. The summed E-state index contributed by atoms with van der Waals surface area (Å²) in [5, 5.41) is 6.93. The highest BCUT2D eigenvalue weighted by atomic mass is 16.2. The van der Waals surface area contributed by atoms with E-state index in [2.05, 4.69) is 10.4 Å². The number of fused-ring (bicyclic) bond motifs is 1. The van der Waals surface area contributed by atoms with Crippen LogP contribution in [0, 0.1) is 6.92 Å². The van der Waals surface area contributed by atoms with E-state index >= 15 is 0 Å². The van der Waals surface area contributed by atoms with Crippen LogP contribution in [0.1, 0.15) is 37.5 Å². The lowest BCUT2D eigenvalue weighted by atomic mass is 10.1. The SMILES string of the molecule is Cc1ccc(C(=O)N2CCc3ccc(CNC(=O)c4ccnn4C)cc32)cc1. The molecule has 1 aliphatic rings. The largest absolute Gasteiger partial charge is 0.347 e. The predicted octanol–water partition coefficient (Wildman–Crippen LogP) is 2.86. The van der Waals surface area contributed by atoms with E-state index in [-0.39, 0.29) is 11.8 Å². The summed E-state index contributed by atoms with van der Waals surface area (Å²) in [5.41, 5.74) is 5.37. The molecule has 28 heavy (non-hydrogen) atoms. The molecule has 0 aliphatic carbocycles.